The van der Waals surface area contributed by atoms with E-state index in [2.05, 4.69) is 16.2 Å². The molecule has 0 N–H and O–H groups in total. The van der Waals surface area contributed by atoms with Crippen molar-refractivity contribution >= 4 is 17.1 Å². The van der Waals surface area contributed by atoms with Gasteiger partial charge in [0.15, 0.2) is 0 Å². The highest BCUT2D eigenvalue weighted by molar-refractivity contribution is 6.05. The Morgan fingerprint density at radius 3 is 2.89 bits per heavy atom. The molecule has 1 aliphatic heterocycles. The summed E-state index contributed by atoms with van der Waals surface area (Å²) in [5.74, 6) is 0.813. The molecule has 2 aliphatic rings. The minimum absolute atomic E-state index is 0.0728. The van der Waals surface area contributed by atoms with Gasteiger partial charge in [0.2, 0.25) is 5.91 Å². The lowest BCUT2D eigenvalue weighted by Gasteiger charge is -2.21. The van der Waals surface area contributed by atoms with Crippen molar-refractivity contribution in [2.24, 2.45) is 11.3 Å². The number of carbonyl (C=O) groups is 1. The lowest BCUT2D eigenvalue weighted by Crippen LogP contribution is -2.35. The number of carbonyl (C=O) groups excluding carboxylic acids is 1. The van der Waals surface area contributed by atoms with Gasteiger partial charge in [-0.05, 0) is 43.4 Å². The SMILES string of the molecule is COc1cncc(-c2cc3c(N4CC[C@@](C#N)(C5CC5)C4=O)ccnn3c2)c1. The lowest BCUT2D eigenvalue weighted by atomic mass is 9.83. The monoisotopic (exact) mass is 373 g/mol. The van der Waals surface area contributed by atoms with Crippen LogP contribution < -0.4 is 9.64 Å². The van der Waals surface area contributed by atoms with Gasteiger partial charge in [0.25, 0.3) is 0 Å². The van der Waals surface area contributed by atoms with Gasteiger partial charge in [-0.3, -0.25) is 9.78 Å². The lowest BCUT2D eigenvalue weighted by molar-refractivity contribution is -0.123. The minimum atomic E-state index is -0.855. The van der Waals surface area contributed by atoms with Gasteiger partial charge in [0, 0.05) is 36.3 Å². The van der Waals surface area contributed by atoms with Gasteiger partial charge in [-0.25, -0.2) is 4.52 Å². The molecule has 1 amide bonds. The highest BCUT2D eigenvalue weighted by Crippen LogP contribution is 2.52. The van der Waals surface area contributed by atoms with Crippen LogP contribution in [-0.4, -0.2) is 34.2 Å². The zero-order valence-corrected chi connectivity index (χ0v) is 15.5. The molecular formula is C21H19N5O2. The van der Waals surface area contributed by atoms with Crippen LogP contribution in [0.2, 0.25) is 0 Å². The molecule has 2 fully saturated rings. The van der Waals surface area contributed by atoms with E-state index in [4.69, 9.17) is 4.74 Å². The zero-order valence-electron chi connectivity index (χ0n) is 15.5. The third-order valence-corrected chi connectivity index (χ3v) is 5.89. The summed E-state index contributed by atoms with van der Waals surface area (Å²) < 4.78 is 7.03. The molecule has 7 heteroatoms. The molecule has 3 aromatic rings. The van der Waals surface area contributed by atoms with Crippen molar-refractivity contribution in [1.82, 2.24) is 14.6 Å². The quantitative estimate of drug-likeness (QED) is 0.702. The first-order chi connectivity index (χ1) is 13.7. The maximum atomic E-state index is 13.2. The summed E-state index contributed by atoms with van der Waals surface area (Å²) in [5.41, 5.74) is 2.62. The van der Waals surface area contributed by atoms with Gasteiger partial charge in [-0.2, -0.15) is 10.4 Å². The van der Waals surface area contributed by atoms with Crippen LogP contribution in [0.15, 0.2) is 43.0 Å². The largest absolute Gasteiger partial charge is 0.495 e. The molecule has 140 valence electrons. The van der Waals surface area contributed by atoms with Crippen LogP contribution in [0.25, 0.3) is 16.6 Å². The molecule has 0 spiro atoms. The number of anilines is 1. The van der Waals surface area contributed by atoms with Crippen LogP contribution in [0.4, 0.5) is 5.69 Å². The predicted octanol–water partition coefficient (Wildman–Crippen LogP) is 3.06. The first-order valence-electron chi connectivity index (χ1n) is 9.36. The molecule has 0 unspecified atom stereocenters. The molecule has 0 aromatic carbocycles. The Kier molecular flexibility index (Phi) is 3.63. The molecule has 5 rings (SSSR count). The van der Waals surface area contributed by atoms with Gasteiger partial charge in [-0.15, -0.1) is 0 Å². The van der Waals surface area contributed by atoms with Crippen molar-refractivity contribution in [1.29, 1.82) is 5.26 Å². The molecule has 28 heavy (non-hydrogen) atoms. The summed E-state index contributed by atoms with van der Waals surface area (Å²) in [5, 5.41) is 14.1. The van der Waals surface area contributed by atoms with Crippen molar-refractivity contribution in [3.8, 4) is 22.9 Å². The first kappa shape index (κ1) is 16.8. The maximum absolute atomic E-state index is 13.2. The van der Waals surface area contributed by atoms with Gasteiger partial charge >= 0.3 is 0 Å². The number of nitriles is 1. The summed E-state index contributed by atoms with van der Waals surface area (Å²) in [4.78, 5) is 19.2. The molecule has 4 heterocycles. The van der Waals surface area contributed by atoms with Crippen molar-refractivity contribution in [2.45, 2.75) is 19.3 Å². The predicted molar refractivity (Wildman–Crippen MR) is 103 cm³/mol. The third-order valence-electron chi connectivity index (χ3n) is 5.89. The van der Waals surface area contributed by atoms with Gasteiger partial charge in [-0.1, -0.05) is 0 Å². The Labute approximate surface area is 162 Å². The Bertz CT molecular complexity index is 1130. The molecule has 7 nitrogen and oxygen atoms in total. The number of hydrogen-bond donors (Lipinski definition) is 0. The molecule has 1 atom stereocenters. The van der Waals surface area contributed by atoms with E-state index in [1.54, 1.807) is 35.1 Å². The van der Waals surface area contributed by atoms with E-state index in [0.717, 1.165) is 35.2 Å². The molecule has 0 bridgehead atoms. The van der Waals surface area contributed by atoms with E-state index in [1.165, 1.54) is 0 Å². The van der Waals surface area contributed by atoms with Crippen molar-refractivity contribution in [3.63, 3.8) is 0 Å². The topological polar surface area (TPSA) is 83.5 Å². The van der Waals surface area contributed by atoms with E-state index in [9.17, 15) is 10.1 Å². The number of rotatable bonds is 4. The van der Waals surface area contributed by atoms with E-state index in [1.807, 2.05) is 24.4 Å². The summed E-state index contributed by atoms with van der Waals surface area (Å²) in [6.07, 6.45) is 9.56. The van der Waals surface area contributed by atoms with Crippen LogP contribution in [-0.2, 0) is 4.79 Å². The number of hydrogen-bond acceptors (Lipinski definition) is 5. The smallest absolute Gasteiger partial charge is 0.247 e. The summed E-state index contributed by atoms with van der Waals surface area (Å²) >= 11 is 0. The second-order valence-electron chi connectivity index (χ2n) is 7.45. The normalized spacial score (nSPS) is 21.9. The maximum Gasteiger partial charge on any atom is 0.247 e. The highest BCUT2D eigenvalue weighted by atomic mass is 16.5. The number of nitrogens with zero attached hydrogens (tertiary/aromatic N) is 5. The fourth-order valence-corrected chi connectivity index (χ4v) is 4.19. The summed E-state index contributed by atoms with van der Waals surface area (Å²) in [6.45, 7) is 0.559. The van der Waals surface area contributed by atoms with Crippen LogP contribution in [0.1, 0.15) is 19.3 Å². The van der Waals surface area contributed by atoms with Crippen molar-refractivity contribution in [3.05, 3.63) is 43.0 Å². The van der Waals surface area contributed by atoms with E-state index < -0.39 is 5.41 Å². The van der Waals surface area contributed by atoms with Gasteiger partial charge in [0.05, 0.1) is 30.6 Å². The number of methoxy groups -OCH3 is 1. The van der Waals surface area contributed by atoms with Crippen molar-refractivity contribution in [2.75, 3.05) is 18.6 Å². The standard InChI is InChI=1S/C21H19N5O2/c1-28-17-8-14(10-23-11-17)15-9-19-18(4-6-24-26(19)12-15)25-7-5-21(13-22,20(25)27)16-2-3-16/h4,6,8-12,16H,2-3,5,7H2,1H3/t21-/m1/s1. The number of ether oxygens (including phenoxy) is 1. The number of pyridine rings is 1. The molecule has 0 radical (unpaired) electrons. The number of aromatic nitrogens is 3. The molecule has 1 saturated heterocycles. The highest BCUT2D eigenvalue weighted by Gasteiger charge is 2.56. The number of fused-ring (bicyclic) bond motifs is 1. The average Bonchev–Trinajstić information content (AvgIpc) is 3.40. The van der Waals surface area contributed by atoms with Crippen LogP contribution >= 0.6 is 0 Å². The zero-order chi connectivity index (χ0) is 19.3. The fourth-order valence-electron chi connectivity index (χ4n) is 4.19. The van der Waals surface area contributed by atoms with Crippen LogP contribution in [0.3, 0.4) is 0 Å². The summed E-state index contributed by atoms with van der Waals surface area (Å²) in [6, 6.07) is 8.10. The van der Waals surface area contributed by atoms with E-state index in [0.29, 0.717) is 18.7 Å². The fraction of sp³-hybridized carbons (Fsp3) is 0.333. The number of amides is 1. The van der Waals surface area contributed by atoms with E-state index >= 15 is 0 Å². The molecular weight excluding hydrogens is 354 g/mol. The van der Waals surface area contributed by atoms with Gasteiger partial charge in [0.1, 0.15) is 11.2 Å². The van der Waals surface area contributed by atoms with Crippen molar-refractivity contribution < 1.29 is 9.53 Å². The Morgan fingerprint density at radius 1 is 1.29 bits per heavy atom. The molecule has 3 aromatic heterocycles. The molecule has 1 saturated carbocycles. The van der Waals surface area contributed by atoms with Crippen LogP contribution in [0, 0.1) is 22.7 Å². The Morgan fingerprint density at radius 2 is 2.14 bits per heavy atom. The minimum Gasteiger partial charge on any atom is -0.495 e. The van der Waals surface area contributed by atoms with Gasteiger partial charge < -0.3 is 9.64 Å². The Balaban J connectivity index is 1.57. The van der Waals surface area contributed by atoms with Crippen LogP contribution in [0.5, 0.6) is 5.75 Å². The first-order valence-corrected chi connectivity index (χ1v) is 9.36. The third kappa shape index (κ3) is 2.38. The Hall–Kier alpha value is -3.40. The summed E-state index contributed by atoms with van der Waals surface area (Å²) in [7, 11) is 1.61. The van der Waals surface area contributed by atoms with E-state index in [-0.39, 0.29) is 11.8 Å². The average molecular weight is 373 g/mol. The second-order valence-corrected chi connectivity index (χ2v) is 7.45. The molecule has 1 aliphatic carbocycles. The second kappa shape index (κ2) is 6.06.